The molecular formula is C12H18Cl2N2O4S. The van der Waals surface area contributed by atoms with Crippen LogP contribution in [0.3, 0.4) is 0 Å². The van der Waals surface area contributed by atoms with Gasteiger partial charge in [0, 0.05) is 33.0 Å². The predicted octanol–water partition coefficient (Wildman–Crippen LogP) is 2.06. The first-order chi connectivity index (χ1) is 9.84. The van der Waals surface area contributed by atoms with Crippen LogP contribution in [-0.2, 0) is 19.5 Å². The van der Waals surface area contributed by atoms with Gasteiger partial charge in [-0.2, -0.15) is 4.31 Å². The second kappa shape index (κ2) is 8.26. The molecule has 6 nitrogen and oxygen atoms in total. The van der Waals surface area contributed by atoms with E-state index in [1.165, 1.54) is 30.8 Å². The van der Waals surface area contributed by atoms with Gasteiger partial charge in [-0.05, 0) is 13.0 Å². The lowest BCUT2D eigenvalue weighted by Crippen LogP contribution is -2.42. The van der Waals surface area contributed by atoms with Crippen LogP contribution in [0.4, 0.5) is 0 Å². The van der Waals surface area contributed by atoms with E-state index in [1.807, 2.05) is 0 Å². The third kappa shape index (κ3) is 4.77. The zero-order valence-electron chi connectivity index (χ0n) is 12.0. The molecular weight excluding hydrogens is 339 g/mol. The second-order valence-corrected chi connectivity index (χ2v) is 7.01. The van der Waals surface area contributed by atoms with Gasteiger partial charge in [0.05, 0.1) is 18.2 Å². The number of hydrogen-bond donors (Lipinski definition) is 0. The molecule has 1 aromatic rings. The fraction of sp³-hybridized carbons (Fsp3) is 0.583. The van der Waals surface area contributed by atoms with Gasteiger partial charge in [0.2, 0.25) is 10.0 Å². The summed E-state index contributed by atoms with van der Waals surface area (Å²) >= 11 is 11.6. The molecule has 1 unspecified atom stereocenters. The maximum Gasteiger partial charge on any atom is 0.245 e. The average molecular weight is 357 g/mol. The number of aromatic nitrogens is 1. The van der Waals surface area contributed by atoms with Gasteiger partial charge in [-0.15, -0.1) is 0 Å². The van der Waals surface area contributed by atoms with Gasteiger partial charge in [-0.1, -0.05) is 23.2 Å². The molecule has 120 valence electrons. The summed E-state index contributed by atoms with van der Waals surface area (Å²) in [4.78, 5) is 3.76. The third-order valence-electron chi connectivity index (χ3n) is 2.79. The number of nitrogens with zero attached hydrogens (tertiary/aromatic N) is 2. The Morgan fingerprint density at radius 1 is 1.33 bits per heavy atom. The quantitative estimate of drug-likeness (QED) is 0.666. The van der Waals surface area contributed by atoms with Crippen molar-refractivity contribution in [1.29, 1.82) is 0 Å². The molecule has 0 spiro atoms. The summed E-state index contributed by atoms with van der Waals surface area (Å²) in [5.74, 6) is 0. The lowest BCUT2D eigenvalue weighted by atomic mass is 10.3. The molecule has 0 fully saturated rings. The Balaban J connectivity index is 3.15. The highest BCUT2D eigenvalue weighted by atomic mass is 35.5. The Labute approximate surface area is 135 Å². The number of halogens is 2. The minimum atomic E-state index is -3.77. The third-order valence-corrected chi connectivity index (χ3v) is 5.46. The van der Waals surface area contributed by atoms with E-state index in [4.69, 9.17) is 32.7 Å². The van der Waals surface area contributed by atoms with E-state index in [1.54, 1.807) is 6.92 Å². The first-order valence-corrected chi connectivity index (χ1v) is 8.35. The zero-order chi connectivity index (χ0) is 16.0. The SMILES string of the molecule is COCCN(C(C)COC)S(=O)(=O)c1cnc(Cl)c(Cl)c1. The van der Waals surface area contributed by atoms with Crippen molar-refractivity contribution >= 4 is 33.2 Å². The molecule has 1 aromatic heterocycles. The van der Waals surface area contributed by atoms with E-state index in [2.05, 4.69) is 4.98 Å². The van der Waals surface area contributed by atoms with Crippen molar-refractivity contribution < 1.29 is 17.9 Å². The van der Waals surface area contributed by atoms with Crippen LogP contribution in [0.25, 0.3) is 0 Å². The predicted molar refractivity (Wildman–Crippen MR) is 81.4 cm³/mol. The standard InChI is InChI=1S/C12H18Cl2N2O4S/c1-9(8-20-3)16(4-5-19-2)21(17,18)10-6-11(13)12(14)15-7-10/h6-7,9H,4-5,8H2,1-3H3. The highest BCUT2D eigenvalue weighted by Gasteiger charge is 2.29. The minimum absolute atomic E-state index is 0.0176. The maximum atomic E-state index is 12.7. The molecule has 0 aliphatic carbocycles. The molecule has 0 aliphatic rings. The molecule has 0 saturated heterocycles. The van der Waals surface area contributed by atoms with Crippen LogP contribution in [0.1, 0.15) is 6.92 Å². The summed E-state index contributed by atoms with van der Waals surface area (Å²) in [6, 6.07) is 0.926. The highest BCUT2D eigenvalue weighted by molar-refractivity contribution is 7.89. The Bertz CT molecular complexity index is 568. The van der Waals surface area contributed by atoms with Crippen molar-refractivity contribution in [3.8, 4) is 0 Å². The fourth-order valence-electron chi connectivity index (χ4n) is 1.76. The number of rotatable bonds is 8. The van der Waals surface area contributed by atoms with Crippen LogP contribution < -0.4 is 0 Å². The van der Waals surface area contributed by atoms with Crippen molar-refractivity contribution in [2.45, 2.75) is 17.9 Å². The van der Waals surface area contributed by atoms with Crippen molar-refractivity contribution in [3.05, 3.63) is 22.4 Å². The van der Waals surface area contributed by atoms with Crippen LogP contribution in [-0.4, -0.2) is 57.7 Å². The Kier molecular flexibility index (Phi) is 7.32. The molecule has 1 heterocycles. The van der Waals surface area contributed by atoms with Gasteiger partial charge in [-0.25, -0.2) is 13.4 Å². The summed E-state index contributed by atoms with van der Waals surface area (Å²) in [5.41, 5.74) is 0. The summed E-state index contributed by atoms with van der Waals surface area (Å²) in [7, 11) is -0.748. The van der Waals surface area contributed by atoms with Gasteiger partial charge in [0.1, 0.15) is 10.0 Å². The maximum absolute atomic E-state index is 12.7. The summed E-state index contributed by atoms with van der Waals surface area (Å²) in [6.45, 7) is 2.48. The first-order valence-electron chi connectivity index (χ1n) is 6.15. The van der Waals surface area contributed by atoms with Gasteiger partial charge in [0.15, 0.2) is 0 Å². The minimum Gasteiger partial charge on any atom is -0.383 e. The van der Waals surface area contributed by atoms with Crippen molar-refractivity contribution in [3.63, 3.8) is 0 Å². The van der Waals surface area contributed by atoms with Crippen molar-refractivity contribution in [2.75, 3.05) is 34.0 Å². The Morgan fingerprint density at radius 2 is 2.00 bits per heavy atom. The molecule has 1 rings (SSSR count). The summed E-state index contributed by atoms with van der Waals surface area (Å²) < 4.78 is 36.7. The normalized spacial score (nSPS) is 13.6. The monoisotopic (exact) mass is 356 g/mol. The van der Waals surface area contributed by atoms with Crippen LogP contribution in [0.2, 0.25) is 10.2 Å². The van der Waals surface area contributed by atoms with Gasteiger partial charge in [0.25, 0.3) is 0 Å². The van der Waals surface area contributed by atoms with E-state index in [0.29, 0.717) is 0 Å². The molecule has 1 atom stereocenters. The molecule has 9 heteroatoms. The zero-order valence-corrected chi connectivity index (χ0v) is 14.4. The van der Waals surface area contributed by atoms with Gasteiger partial charge < -0.3 is 9.47 Å². The number of ether oxygens (including phenoxy) is 2. The molecule has 21 heavy (non-hydrogen) atoms. The van der Waals surface area contributed by atoms with Crippen LogP contribution in [0, 0.1) is 0 Å². The summed E-state index contributed by atoms with van der Waals surface area (Å²) in [5, 5.41) is 0.146. The Morgan fingerprint density at radius 3 is 2.52 bits per heavy atom. The highest BCUT2D eigenvalue weighted by Crippen LogP contribution is 2.25. The fourth-order valence-corrected chi connectivity index (χ4v) is 3.67. The molecule has 0 aromatic carbocycles. The first kappa shape index (κ1) is 18.6. The van der Waals surface area contributed by atoms with Gasteiger partial charge >= 0.3 is 0 Å². The van der Waals surface area contributed by atoms with Crippen LogP contribution in [0.5, 0.6) is 0 Å². The van der Waals surface area contributed by atoms with E-state index in [9.17, 15) is 8.42 Å². The van der Waals surface area contributed by atoms with E-state index in [0.717, 1.165) is 0 Å². The largest absolute Gasteiger partial charge is 0.383 e. The molecule has 0 amide bonds. The molecule has 0 bridgehead atoms. The molecule has 0 radical (unpaired) electrons. The molecule has 0 aliphatic heterocycles. The lowest BCUT2D eigenvalue weighted by Gasteiger charge is -2.27. The number of methoxy groups -OCH3 is 2. The van der Waals surface area contributed by atoms with Crippen molar-refractivity contribution in [2.24, 2.45) is 0 Å². The van der Waals surface area contributed by atoms with Gasteiger partial charge in [-0.3, -0.25) is 0 Å². The topological polar surface area (TPSA) is 68.7 Å². The van der Waals surface area contributed by atoms with Crippen LogP contribution in [0.15, 0.2) is 17.2 Å². The van der Waals surface area contributed by atoms with Crippen LogP contribution >= 0.6 is 23.2 Å². The molecule has 0 saturated carbocycles. The smallest absolute Gasteiger partial charge is 0.245 e. The number of sulfonamides is 1. The summed E-state index contributed by atoms with van der Waals surface area (Å²) in [6.07, 6.45) is 1.18. The molecule has 0 N–H and O–H groups in total. The number of hydrogen-bond acceptors (Lipinski definition) is 5. The number of pyridine rings is 1. The van der Waals surface area contributed by atoms with E-state index < -0.39 is 10.0 Å². The van der Waals surface area contributed by atoms with E-state index in [-0.39, 0.29) is 40.9 Å². The Hall–Kier alpha value is -0.440. The average Bonchev–Trinajstić information content (AvgIpc) is 2.42. The lowest BCUT2D eigenvalue weighted by molar-refractivity contribution is 0.119. The second-order valence-electron chi connectivity index (χ2n) is 4.36. The van der Waals surface area contributed by atoms with E-state index >= 15 is 0 Å². The van der Waals surface area contributed by atoms with Crippen molar-refractivity contribution in [1.82, 2.24) is 9.29 Å².